The van der Waals surface area contributed by atoms with Gasteiger partial charge in [0.15, 0.2) is 0 Å². The molecule has 1 rings (SSSR count). The fourth-order valence-corrected chi connectivity index (χ4v) is 1.56. The Morgan fingerprint density at radius 1 is 1.62 bits per heavy atom. The molecule has 0 aromatic rings. The maximum Gasteiger partial charge on any atom is 0.331 e. The molecule has 0 unspecified atom stereocenters. The number of esters is 1. The Labute approximate surface area is 79.2 Å². The van der Waals surface area contributed by atoms with Crippen LogP contribution in [-0.2, 0) is 9.53 Å². The molecular weight excluding hydrogens is 166 g/mol. The molecule has 1 aliphatic carbocycles. The number of nitrogens with one attached hydrogen (secondary N) is 1. The van der Waals surface area contributed by atoms with Crippen LogP contribution in [0.1, 0.15) is 32.6 Å². The van der Waals surface area contributed by atoms with Crippen molar-refractivity contribution in [2.24, 2.45) is 0 Å². The molecule has 0 saturated heterocycles. The van der Waals surface area contributed by atoms with E-state index in [0.717, 1.165) is 6.42 Å². The van der Waals surface area contributed by atoms with Gasteiger partial charge in [-0.3, -0.25) is 0 Å². The van der Waals surface area contributed by atoms with Crippen LogP contribution < -0.4 is 5.32 Å². The summed E-state index contributed by atoms with van der Waals surface area (Å²) in [6.45, 7) is 2.16. The first-order valence-electron chi connectivity index (χ1n) is 4.74. The third-order valence-corrected chi connectivity index (χ3v) is 2.80. The summed E-state index contributed by atoms with van der Waals surface area (Å²) in [5.41, 5.74) is 0.254. The number of carbonyl (C=O) groups is 1. The summed E-state index contributed by atoms with van der Waals surface area (Å²) in [6, 6.07) is 0. The average Bonchev–Trinajstić information content (AvgIpc) is 2.09. The molecule has 1 fully saturated rings. The molecule has 3 nitrogen and oxygen atoms in total. The van der Waals surface area contributed by atoms with Crippen molar-refractivity contribution in [3.63, 3.8) is 0 Å². The Kier molecular flexibility index (Phi) is 3.34. The van der Waals surface area contributed by atoms with Crippen molar-refractivity contribution in [1.29, 1.82) is 0 Å². The van der Waals surface area contributed by atoms with Crippen LogP contribution in [0.5, 0.6) is 0 Å². The zero-order valence-corrected chi connectivity index (χ0v) is 8.30. The molecule has 0 aromatic heterocycles. The van der Waals surface area contributed by atoms with Gasteiger partial charge < -0.3 is 10.1 Å². The van der Waals surface area contributed by atoms with Crippen LogP contribution in [0.2, 0.25) is 0 Å². The maximum atomic E-state index is 10.7. The van der Waals surface area contributed by atoms with Gasteiger partial charge in [-0.2, -0.15) is 0 Å². The van der Waals surface area contributed by atoms with E-state index in [2.05, 4.69) is 17.0 Å². The van der Waals surface area contributed by atoms with Crippen molar-refractivity contribution < 1.29 is 9.53 Å². The van der Waals surface area contributed by atoms with E-state index < -0.39 is 0 Å². The summed E-state index contributed by atoms with van der Waals surface area (Å²) < 4.78 is 4.48. The topological polar surface area (TPSA) is 38.3 Å². The highest BCUT2D eigenvalue weighted by Gasteiger charge is 2.33. The van der Waals surface area contributed by atoms with E-state index >= 15 is 0 Å². The Hall–Kier alpha value is -0.990. The first-order valence-corrected chi connectivity index (χ1v) is 4.74. The summed E-state index contributed by atoms with van der Waals surface area (Å²) in [5, 5.41) is 3.27. The number of hydrogen-bond donors (Lipinski definition) is 1. The van der Waals surface area contributed by atoms with Crippen molar-refractivity contribution in [1.82, 2.24) is 5.32 Å². The molecule has 0 amide bonds. The second kappa shape index (κ2) is 4.30. The van der Waals surface area contributed by atoms with Crippen molar-refractivity contribution in [2.45, 2.75) is 38.1 Å². The molecule has 74 valence electrons. The zero-order chi connectivity index (χ0) is 9.73. The van der Waals surface area contributed by atoms with Crippen molar-refractivity contribution in [2.75, 3.05) is 7.11 Å². The van der Waals surface area contributed by atoms with Crippen LogP contribution in [0.3, 0.4) is 0 Å². The van der Waals surface area contributed by atoms with E-state index in [9.17, 15) is 4.79 Å². The van der Waals surface area contributed by atoms with Crippen LogP contribution in [0.25, 0.3) is 0 Å². The largest absolute Gasteiger partial charge is 0.466 e. The van der Waals surface area contributed by atoms with Crippen molar-refractivity contribution in [3.8, 4) is 0 Å². The number of ether oxygens (including phenoxy) is 1. The van der Waals surface area contributed by atoms with Crippen LogP contribution in [0, 0.1) is 0 Å². The quantitative estimate of drug-likeness (QED) is 0.531. The first kappa shape index (κ1) is 10.1. The molecule has 0 aliphatic heterocycles. The number of methoxy groups -OCH3 is 1. The number of carbonyl (C=O) groups excluding carboxylic acids is 1. The van der Waals surface area contributed by atoms with Gasteiger partial charge in [0.1, 0.15) is 0 Å². The lowest BCUT2D eigenvalue weighted by atomic mass is 9.75. The lowest BCUT2D eigenvalue weighted by Gasteiger charge is -2.41. The monoisotopic (exact) mass is 183 g/mol. The van der Waals surface area contributed by atoms with E-state index in [1.165, 1.54) is 32.4 Å². The predicted molar refractivity (Wildman–Crippen MR) is 51.2 cm³/mol. The smallest absolute Gasteiger partial charge is 0.331 e. The Morgan fingerprint density at radius 2 is 2.31 bits per heavy atom. The summed E-state index contributed by atoms with van der Waals surface area (Å²) in [6.07, 6.45) is 7.93. The van der Waals surface area contributed by atoms with Crippen LogP contribution in [0.15, 0.2) is 12.3 Å². The van der Waals surface area contributed by atoms with E-state index in [1.807, 2.05) is 0 Å². The average molecular weight is 183 g/mol. The van der Waals surface area contributed by atoms with Gasteiger partial charge in [-0.15, -0.1) is 0 Å². The second-order valence-electron chi connectivity index (χ2n) is 3.49. The van der Waals surface area contributed by atoms with Gasteiger partial charge in [-0.25, -0.2) is 4.79 Å². The van der Waals surface area contributed by atoms with E-state index in [4.69, 9.17) is 0 Å². The Bertz CT molecular complexity index is 201. The first-order chi connectivity index (χ1) is 6.22. The summed E-state index contributed by atoms with van der Waals surface area (Å²) in [5.74, 6) is -0.307. The van der Waals surface area contributed by atoms with Gasteiger partial charge in [0.05, 0.1) is 7.11 Å². The third kappa shape index (κ3) is 2.47. The Morgan fingerprint density at radius 3 is 2.69 bits per heavy atom. The van der Waals surface area contributed by atoms with Gasteiger partial charge >= 0.3 is 5.97 Å². The van der Waals surface area contributed by atoms with Crippen molar-refractivity contribution in [3.05, 3.63) is 12.3 Å². The summed E-state index contributed by atoms with van der Waals surface area (Å²) in [7, 11) is 1.38. The van der Waals surface area contributed by atoms with Gasteiger partial charge in [0, 0.05) is 17.8 Å². The lowest BCUT2D eigenvalue weighted by molar-refractivity contribution is -0.134. The van der Waals surface area contributed by atoms with Gasteiger partial charge in [-0.1, -0.05) is 6.92 Å². The molecule has 0 bridgehead atoms. The fraction of sp³-hybridized carbons (Fsp3) is 0.700. The predicted octanol–water partition coefficient (Wildman–Crippen LogP) is 1.60. The molecule has 0 radical (unpaired) electrons. The van der Waals surface area contributed by atoms with Crippen LogP contribution in [0.4, 0.5) is 0 Å². The van der Waals surface area contributed by atoms with E-state index in [0.29, 0.717) is 0 Å². The molecule has 0 atom stereocenters. The molecule has 3 heteroatoms. The third-order valence-electron chi connectivity index (χ3n) is 2.80. The molecule has 0 aromatic carbocycles. The maximum absolute atomic E-state index is 10.7. The Balaban J connectivity index is 2.32. The van der Waals surface area contributed by atoms with Gasteiger partial charge in [0.25, 0.3) is 0 Å². The highest BCUT2D eigenvalue weighted by atomic mass is 16.5. The fourth-order valence-electron chi connectivity index (χ4n) is 1.56. The summed E-state index contributed by atoms with van der Waals surface area (Å²) >= 11 is 0. The molecule has 1 aliphatic rings. The minimum Gasteiger partial charge on any atom is -0.466 e. The minimum atomic E-state index is -0.307. The highest BCUT2D eigenvalue weighted by molar-refractivity contribution is 5.81. The standard InChI is InChI=1S/C10H17NO2/c1-3-10(6-4-7-10)11-8-5-9(12)13-2/h5,8,11H,3-4,6-7H2,1-2H3/b8-5+. The van der Waals surface area contributed by atoms with E-state index in [-0.39, 0.29) is 11.5 Å². The zero-order valence-electron chi connectivity index (χ0n) is 8.30. The SMILES string of the molecule is CCC1(N/C=C/C(=O)OC)CCC1. The van der Waals surface area contributed by atoms with E-state index in [1.54, 1.807) is 6.20 Å². The van der Waals surface area contributed by atoms with Crippen LogP contribution >= 0.6 is 0 Å². The molecule has 13 heavy (non-hydrogen) atoms. The van der Waals surface area contributed by atoms with Crippen molar-refractivity contribution >= 4 is 5.97 Å². The summed E-state index contributed by atoms with van der Waals surface area (Å²) in [4.78, 5) is 10.7. The van der Waals surface area contributed by atoms with Gasteiger partial charge in [-0.05, 0) is 25.7 Å². The second-order valence-corrected chi connectivity index (χ2v) is 3.49. The number of hydrogen-bond acceptors (Lipinski definition) is 3. The highest BCUT2D eigenvalue weighted by Crippen LogP contribution is 2.34. The normalized spacial score (nSPS) is 19.5. The molecule has 0 heterocycles. The molecule has 0 spiro atoms. The number of rotatable bonds is 4. The molecule has 1 N–H and O–H groups in total. The molecule has 1 saturated carbocycles. The lowest BCUT2D eigenvalue weighted by Crippen LogP contribution is -2.47. The molecular formula is C10H17NO2. The van der Waals surface area contributed by atoms with Gasteiger partial charge in [0.2, 0.25) is 0 Å². The minimum absolute atomic E-state index is 0.254. The van der Waals surface area contributed by atoms with Crippen LogP contribution in [-0.4, -0.2) is 18.6 Å².